The van der Waals surface area contributed by atoms with Gasteiger partial charge in [0, 0.05) is 5.57 Å². The molecule has 0 radical (unpaired) electrons. The number of likely N-dealkylation sites (N-methyl/N-ethyl adjacent to an activating group) is 1. The first-order chi connectivity index (χ1) is 7.39. The third-order valence-corrected chi connectivity index (χ3v) is 2.36. The molecular weight excluding hydrogens is 238 g/mol. The normalized spacial score (nSPS) is 10.3. The number of hydrogen-bond donors (Lipinski definition) is 0. The first-order valence-corrected chi connectivity index (χ1v) is 5.64. The van der Waals surface area contributed by atoms with E-state index < -0.39 is 0 Å². The molecule has 0 rings (SSSR count). The molecule has 0 amide bonds. The van der Waals surface area contributed by atoms with Gasteiger partial charge in [0.05, 0.1) is 33.8 Å². The second kappa shape index (κ2) is 9.25. The number of esters is 1. The second-order valence-electron chi connectivity index (χ2n) is 4.75. The number of ether oxygens (including phenoxy) is 1. The van der Waals surface area contributed by atoms with Gasteiger partial charge in [0.25, 0.3) is 0 Å². The van der Waals surface area contributed by atoms with Gasteiger partial charge < -0.3 is 21.6 Å². The summed E-state index contributed by atoms with van der Waals surface area (Å²) in [4.78, 5) is 11.1. The summed E-state index contributed by atoms with van der Waals surface area (Å²) in [5.41, 5.74) is 0.461. The lowest BCUT2D eigenvalue weighted by Crippen LogP contribution is -3.00. The molecule has 0 fully saturated rings. The Morgan fingerprint density at radius 2 is 1.94 bits per heavy atom. The van der Waals surface area contributed by atoms with E-state index in [9.17, 15) is 4.79 Å². The van der Waals surface area contributed by atoms with Crippen LogP contribution in [0.15, 0.2) is 24.8 Å². The highest BCUT2D eigenvalue weighted by Crippen LogP contribution is 2.02. The minimum atomic E-state index is -0.292. The van der Waals surface area contributed by atoms with Crippen LogP contribution >= 0.6 is 0 Å². The zero-order valence-corrected chi connectivity index (χ0v) is 11.9. The lowest BCUT2D eigenvalue weighted by atomic mass is 10.3. The van der Waals surface area contributed by atoms with E-state index in [1.165, 1.54) is 0 Å². The van der Waals surface area contributed by atoms with Crippen LogP contribution in [0.4, 0.5) is 0 Å². The number of halogens is 1. The molecule has 0 unspecified atom stereocenters. The van der Waals surface area contributed by atoms with Crippen molar-refractivity contribution in [2.24, 2.45) is 0 Å². The van der Waals surface area contributed by atoms with Crippen molar-refractivity contribution < 1.29 is 26.4 Å². The standard InChI is InChI=1S/C13H24NO2.ClH/c1-6-9-14(4,5)10-7-8-11-16-13(15)12(2)3;/h6H,1-2,7-11H2,3-5H3;1H/q+1;/p-1. The Morgan fingerprint density at radius 1 is 1.35 bits per heavy atom. The van der Waals surface area contributed by atoms with Crippen molar-refractivity contribution in [1.29, 1.82) is 0 Å². The van der Waals surface area contributed by atoms with Crippen LogP contribution in [0.1, 0.15) is 19.8 Å². The third-order valence-electron chi connectivity index (χ3n) is 2.36. The Hall–Kier alpha value is -0.800. The first kappa shape index (κ1) is 18.6. The highest BCUT2D eigenvalue weighted by atomic mass is 35.5. The minimum Gasteiger partial charge on any atom is -1.00 e. The van der Waals surface area contributed by atoms with Gasteiger partial charge in [-0.1, -0.05) is 13.2 Å². The van der Waals surface area contributed by atoms with Crippen LogP contribution < -0.4 is 12.4 Å². The summed E-state index contributed by atoms with van der Waals surface area (Å²) in [5.74, 6) is -0.292. The molecule has 0 aliphatic carbocycles. The largest absolute Gasteiger partial charge is 1.00 e. The maximum atomic E-state index is 11.1. The fourth-order valence-corrected chi connectivity index (χ4v) is 1.37. The number of hydrogen-bond acceptors (Lipinski definition) is 2. The first-order valence-electron chi connectivity index (χ1n) is 5.64. The van der Waals surface area contributed by atoms with E-state index in [0.717, 1.165) is 30.4 Å². The van der Waals surface area contributed by atoms with Crippen molar-refractivity contribution in [3.63, 3.8) is 0 Å². The van der Waals surface area contributed by atoms with E-state index >= 15 is 0 Å². The summed E-state index contributed by atoms with van der Waals surface area (Å²) < 4.78 is 5.94. The van der Waals surface area contributed by atoms with E-state index in [0.29, 0.717) is 12.2 Å². The summed E-state index contributed by atoms with van der Waals surface area (Å²) in [7, 11) is 4.34. The van der Waals surface area contributed by atoms with Crippen LogP contribution in [0.3, 0.4) is 0 Å². The van der Waals surface area contributed by atoms with Gasteiger partial charge in [0.15, 0.2) is 0 Å². The van der Waals surface area contributed by atoms with Crippen LogP contribution in [-0.2, 0) is 9.53 Å². The van der Waals surface area contributed by atoms with Crippen LogP contribution in [0.5, 0.6) is 0 Å². The second-order valence-corrected chi connectivity index (χ2v) is 4.75. The molecule has 0 atom stereocenters. The Bertz CT molecular complexity index is 262. The van der Waals surface area contributed by atoms with Crippen molar-refractivity contribution in [3.8, 4) is 0 Å². The fraction of sp³-hybridized carbons (Fsp3) is 0.615. The molecule has 3 nitrogen and oxygen atoms in total. The lowest BCUT2D eigenvalue weighted by Gasteiger charge is -2.28. The fourth-order valence-electron chi connectivity index (χ4n) is 1.37. The molecule has 100 valence electrons. The number of quaternary nitrogens is 1. The van der Waals surface area contributed by atoms with E-state index in [1.54, 1.807) is 6.92 Å². The monoisotopic (exact) mass is 261 g/mol. The summed E-state index contributed by atoms with van der Waals surface area (Å²) >= 11 is 0. The lowest BCUT2D eigenvalue weighted by molar-refractivity contribution is -0.884. The zero-order valence-electron chi connectivity index (χ0n) is 11.2. The molecule has 4 heteroatoms. The predicted octanol–water partition coefficient (Wildman–Crippen LogP) is -0.848. The molecule has 0 saturated heterocycles. The van der Waals surface area contributed by atoms with Gasteiger partial charge in [-0.3, -0.25) is 0 Å². The van der Waals surface area contributed by atoms with E-state index in [1.807, 2.05) is 6.08 Å². The minimum absolute atomic E-state index is 0. The molecule has 0 aliphatic rings. The van der Waals surface area contributed by atoms with Crippen LogP contribution in [0, 0.1) is 0 Å². The Kier molecular flexibility index (Phi) is 10.1. The Labute approximate surface area is 111 Å². The molecule has 0 spiro atoms. The van der Waals surface area contributed by atoms with E-state index in [2.05, 4.69) is 27.3 Å². The van der Waals surface area contributed by atoms with E-state index in [-0.39, 0.29) is 18.4 Å². The molecule has 0 heterocycles. The van der Waals surface area contributed by atoms with Crippen LogP contribution in [0.25, 0.3) is 0 Å². The summed E-state index contributed by atoms with van der Waals surface area (Å²) in [5, 5.41) is 0. The third kappa shape index (κ3) is 10.1. The van der Waals surface area contributed by atoms with Gasteiger partial charge in [-0.2, -0.15) is 0 Å². The molecule has 0 aromatic rings. The van der Waals surface area contributed by atoms with Gasteiger partial charge in [-0.25, -0.2) is 4.79 Å². The maximum absolute atomic E-state index is 11.1. The quantitative estimate of drug-likeness (QED) is 0.187. The van der Waals surface area contributed by atoms with Crippen molar-refractivity contribution in [3.05, 3.63) is 24.8 Å². The van der Waals surface area contributed by atoms with Crippen molar-refractivity contribution in [1.82, 2.24) is 0 Å². The van der Waals surface area contributed by atoms with Gasteiger partial charge in [0.1, 0.15) is 0 Å². The SMILES string of the molecule is C=CC[N+](C)(C)CCCCOC(=O)C(=C)C.[Cl-]. The molecule has 0 N–H and O–H groups in total. The molecule has 0 aromatic carbocycles. The maximum Gasteiger partial charge on any atom is 0.333 e. The van der Waals surface area contributed by atoms with Crippen molar-refractivity contribution in [2.75, 3.05) is 33.8 Å². The topological polar surface area (TPSA) is 26.3 Å². The van der Waals surface area contributed by atoms with Crippen LogP contribution in [0.2, 0.25) is 0 Å². The average Bonchev–Trinajstić information content (AvgIpc) is 2.16. The average molecular weight is 262 g/mol. The number of nitrogens with zero attached hydrogens (tertiary/aromatic N) is 1. The van der Waals surface area contributed by atoms with E-state index in [4.69, 9.17) is 4.74 Å². The predicted molar refractivity (Wildman–Crippen MR) is 67.0 cm³/mol. The number of carbonyl (C=O) groups excluding carboxylic acids is 1. The summed E-state index contributed by atoms with van der Waals surface area (Å²) in [6, 6.07) is 0. The Morgan fingerprint density at radius 3 is 2.41 bits per heavy atom. The van der Waals surface area contributed by atoms with Gasteiger partial charge in [0.2, 0.25) is 0 Å². The molecular formula is C13H24ClNO2. The van der Waals surface area contributed by atoms with Crippen molar-refractivity contribution >= 4 is 5.97 Å². The highest BCUT2D eigenvalue weighted by Gasteiger charge is 2.11. The van der Waals surface area contributed by atoms with Crippen LogP contribution in [-0.4, -0.2) is 44.2 Å². The van der Waals surface area contributed by atoms with Gasteiger partial charge in [-0.15, -0.1) is 0 Å². The molecule has 0 aliphatic heterocycles. The number of rotatable bonds is 8. The number of carbonyl (C=O) groups is 1. The molecule has 0 aromatic heterocycles. The highest BCUT2D eigenvalue weighted by molar-refractivity contribution is 5.86. The Balaban J connectivity index is 0. The van der Waals surface area contributed by atoms with Crippen molar-refractivity contribution in [2.45, 2.75) is 19.8 Å². The number of unbranched alkanes of at least 4 members (excludes halogenated alkanes) is 1. The summed E-state index contributed by atoms with van der Waals surface area (Å²) in [6.07, 6.45) is 3.88. The summed E-state index contributed by atoms with van der Waals surface area (Å²) in [6.45, 7) is 11.4. The van der Waals surface area contributed by atoms with Gasteiger partial charge >= 0.3 is 5.97 Å². The smallest absolute Gasteiger partial charge is 0.333 e. The zero-order chi connectivity index (χ0) is 12.6. The molecule has 0 saturated carbocycles. The van der Waals surface area contributed by atoms with Gasteiger partial charge in [-0.05, 0) is 25.8 Å². The molecule has 0 bridgehead atoms. The molecule has 17 heavy (non-hydrogen) atoms.